The zero-order chi connectivity index (χ0) is 21.4. The van der Waals surface area contributed by atoms with Crippen LogP contribution in [-0.4, -0.2) is 77.1 Å². The van der Waals surface area contributed by atoms with E-state index in [1.165, 1.54) is 0 Å². The second-order valence-corrected chi connectivity index (χ2v) is 7.83. The summed E-state index contributed by atoms with van der Waals surface area (Å²) >= 11 is 0. The number of nitrogens with zero attached hydrogens (tertiary/aromatic N) is 2. The molecule has 0 aliphatic carbocycles. The molecule has 2 rings (SSSR count). The van der Waals surface area contributed by atoms with Crippen molar-refractivity contribution in [1.82, 2.24) is 15.5 Å². The Morgan fingerprint density at radius 2 is 1.97 bits per heavy atom. The number of rotatable bonds is 14. The lowest BCUT2D eigenvalue weighted by Gasteiger charge is -2.13. The Labute approximate surface area is 205 Å². The fraction of sp³-hybridized carbons (Fsp3) is 0.696. The Balaban J connectivity index is 0.00000480. The van der Waals surface area contributed by atoms with Crippen LogP contribution in [0, 0.1) is 0 Å². The molecule has 0 spiro atoms. The maximum atomic E-state index is 5.79. The molecule has 1 unspecified atom stereocenters. The van der Waals surface area contributed by atoms with E-state index >= 15 is 0 Å². The zero-order valence-corrected chi connectivity index (χ0v) is 21.7. The lowest BCUT2D eigenvalue weighted by molar-refractivity contribution is 0.0168. The number of aliphatic imine (C=N–C) groups is 1. The summed E-state index contributed by atoms with van der Waals surface area (Å²) < 4.78 is 17.1. The average Bonchev–Trinajstić information content (AvgIpc) is 3.26. The molecule has 1 aliphatic heterocycles. The van der Waals surface area contributed by atoms with E-state index in [1.807, 2.05) is 12.1 Å². The Morgan fingerprint density at radius 3 is 2.65 bits per heavy atom. The first-order valence-electron chi connectivity index (χ1n) is 11.3. The van der Waals surface area contributed by atoms with E-state index in [0.29, 0.717) is 19.3 Å². The summed E-state index contributed by atoms with van der Waals surface area (Å²) in [6.45, 7) is 8.47. The quantitative estimate of drug-likeness (QED) is 0.161. The highest BCUT2D eigenvalue weighted by molar-refractivity contribution is 14.0. The highest BCUT2D eigenvalue weighted by Gasteiger charge is 2.14. The smallest absolute Gasteiger partial charge is 0.191 e. The first-order valence-corrected chi connectivity index (χ1v) is 11.3. The maximum absolute atomic E-state index is 5.79. The summed E-state index contributed by atoms with van der Waals surface area (Å²) in [6.07, 6.45) is 4.54. The zero-order valence-electron chi connectivity index (χ0n) is 19.4. The van der Waals surface area contributed by atoms with Gasteiger partial charge in [-0.05, 0) is 64.4 Å². The molecular formula is C23H41IN4O3. The molecule has 1 aliphatic rings. The van der Waals surface area contributed by atoms with E-state index in [4.69, 9.17) is 14.2 Å². The lowest BCUT2D eigenvalue weighted by Crippen LogP contribution is -2.38. The van der Waals surface area contributed by atoms with Crippen molar-refractivity contribution in [2.45, 2.75) is 45.3 Å². The van der Waals surface area contributed by atoms with Gasteiger partial charge in [-0.25, -0.2) is 4.99 Å². The third-order valence-electron chi connectivity index (χ3n) is 4.79. The van der Waals surface area contributed by atoms with Gasteiger partial charge in [-0.1, -0.05) is 12.1 Å². The van der Waals surface area contributed by atoms with Gasteiger partial charge in [0, 0.05) is 32.8 Å². The van der Waals surface area contributed by atoms with E-state index in [0.717, 1.165) is 82.4 Å². The predicted octanol–water partition coefficient (Wildman–Crippen LogP) is 3.28. The average molecular weight is 549 g/mol. The summed E-state index contributed by atoms with van der Waals surface area (Å²) in [5.74, 6) is 1.75. The molecule has 1 aromatic carbocycles. The first-order chi connectivity index (χ1) is 14.7. The lowest BCUT2D eigenvalue weighted by atomic mass is 10.2. The van der Waals surface area contributed by atoms with Crippen molar-refractivity contribution >= 4 is 29.9 Å². The third kappa shape index (κ3) is 13.1. The van der Waals surface area contributed by atoms with Crippen LogP contribution in [0.4, 0.5) is 0 Å². The van der Waals surface area contributed by atoms with Gasteiger partial charge in [0.05, 0.1) is 25.9 Å². The molecule has 8 heteroatoms. The van der Waals surface area contributed by atoms with Crippen LogP contribution in [0.2, 0.25) is 0 Å². The van der Waals surface area contributed by atoms with Crippen molar-refractivity contribution in [1.29, 1.82) is 0 Å². The van der Waals surface area contributed by atoms with Crippen molar-refractivity contribution in [2.75, 3.05) is 60.2 Å². The Bertz CT molecular complexity index is 593. The number of benzene rings is 1. The molecule has 1 fully saturated rings. The summed E-state index contributed by atoms with van der Waals surface area (Å²) in [5, 5.41) is 6.67. The van der Waals surface area contributed by atoms with Crippen molar-refractivity contribution in [3.63, 3.8) is 0 Å². The van der Waals surface area contributed by atoms with Gasteiger partial charge in [-0.3, -0.25) is 0 Å². The SMILES string of the molecule is CCNC(=NCc1ccc(OCCCN(C)C)cc1)NCCCOCC1CCCO1.I. The second kappa shape index (κ2) is 17.5. The van der Waals surface area contributed by atoms with Crippen molar-refractivity contribution < 1.29 is 14.2 Å². The van der Waals surface area contributed by atoms with Crippen molar-refractivity contribution in [3.05, 3.63) is 29.8 Å². The fourth-order valence-corrected chi connectivity index (χ4v) is 3.15. The third-order valence-corrected chi connectivity index (χ3v) is 4.79. The molecule has 178 valence electrons. The number of guanidine groups is 1. The Kier molecular flexibility index (Phi) is 15.7. The number of ether oxygens (including phenoxy) is 3. The van der Waals surface area contributed by atoms with E-state index in [-0.39, 0.29) is 24.0 Å². The fourth-order valence-electron chi connectivity index (χ4n) is 3.15. The molecule has 0 amide bonds. The molecule has 1 saturated heterocycles. The summed E-state index contributed by atoms with van der Waals surface area (Å²) in [7, 11) is 4.15. The van der Waals surface area contributed by atoms with Crippen LogP contribution in [0.15, 0.2) is 29.3 Å². The largest absolute Gasteiger partial charge is 0.494 e. The molecule has 1 heterocycles. The van der Waals surface area contributed by atoms with Gasteiger partial charge < -0.3 is 29.7 Å². The molecule has 1 atom stereocenters. The number of nitrogens with one attached hydrogen (secondary N) is 2. The van der Waals surface area contributed by atoms with Gasteiger partial charge in [-0.2, -0.15) is 0 Å². The van der Waals surface area contributed by atoms with Crippen LogP contribution in [-0.2, 0) is 16.0 Å². The van der Waals surface area contributed by atoms with E-state index in [2.05, 4.69) is 53.7 Å². The Morgan fingerprint density at radius 1 is 1.16 bits per heavy atom. The minimum Gasteiger partial charge on any atom is -0.494 e. The summed E-state index contributed by atoms with van der Waals surface area (Å²) in [6, 6.07) is 8.19. The van der Waals surface area contributed by atoms with Gasteiger partial charge in [-0.15, -0.1) is 24.0 Å². The van der Waals surface area contributed by atoms with Crippen LogP contribution in [0.3, 0.4) is 0 Å². The summed E-state index contributed by atoms with van der Waals surface area (Å²) in [5.41, 5.74) is 1.16. The molecular weight excluding hydrogens is 507 g/mol. The second-order valence-electron chi connectivity index (χ2n) is 7.83. The summed E-state index contributed by atoms with van der Waals surface area (Å²) in [4.78, 5) is 6.84. The van der Waals surface area contributed by atoms with Gasteiger partial charge in [0.15, 0.2) is 5.96 Å². The van der Waals surface area contributed by atoms with Crippen molar-refractivity contribution in [3.8, 4) is 5.75 Å². The number of hydrogen-bond donors (Lipinski definition) is 2. The van der Waals surface area contributed by atoms with Gasteiger partial charge in [0.25, 0.3) is 0 Å². The van der Waals surface area contributed by atoms with Crippen LogP contribution < -0.4 is 15.4 Å². The first kappa shape index (κ1) is 27.9. The van der Waals surface area contributed by atoms with Gasteiger partial charge in [0.1, 0.15) is 5.75 Å². The number of halogens is 1. The molecule has 0 bridgehead atoms. The molecule has 0 radical (unpaired) electrons. The van der Waals surface area contributed by atoms with Gasteiger partial charge in [0.2, 0.25) is 0 Å². The van der Waals surface area contributed by atoms with Crippen LogP contribution in [0.25, 0.3) is 0 Å². The number of hydrogen-bond acceptors (Lipinski definition) is 5. The molecule has 0 saturated carbocycles. The minimum absolute atomic E-state index is 0. The molecule has 1 aromatic rings. The molecule has 0 aromatic heterocycles. The maximum Gasteiger partial charge on any atom is 0.191 e. The predicted molar refractivity (Wildman–Crippen MR) is 138 cm³/mol. The van der Waals surface area contributed by atoms with Crippen LogP contribution in [0.1, 0.15) is 38.2 Å². The van der Waals surface area contributed by atoms with Gasteiger partial charge >= 0.3 is 0 Å². The molecule has 31 heavy (non-hydrogen) atoms. The Hall–Kier alpha value is -1.10. The highest BCUT2D eigenvalue weighted by atomic mass is 127. The van der Waals surface area contributed by atoms with E-state index in [1.54, 1.807) is 0 Å². The standard InChI is InChI=1S/C23H40N4O3.HI/c1-4-24-23(25-13-6-15-28-19-22-8-5-16-30-22)26-18-20-9-11-21(12-10-20)29-17-7-14-27(2)3;/h9-12,22H,4-8,13-19H2,1-3H3,(H2,24,25,26);1H. The van der Waals surface area contributed by atoms with Crippen molar-refractivity contribution in [2.24, 2.45) is 4.99 Å². The van der Waals surface area contributed by atoms with E-state index in [9.17, 15) is 0 Å². The highest BCUT2D eigenvalue weighted by Crippen LogP contribution is 2.13. The minimum atomic E-state index is 0. The normalized spacial score (nSPS) is 16.3. The molecule has 2 N–H and O–H groups in total. The van der Waals surface area contributed by atoms with E-state index < -0.39 is 0 Å². The van der Waals surface area contributed by atoms with Crippen LogP contribution in [0.5, 0.6) is 5.75 Å². The topological polar surface area (TPSA) is 67.4 Å². The van der Waals surface area contributed by atoms with Crippen LogP contribution >= 0.6 is 24.0 Å². The molecule has 7 nitrogen and oxygen atoms in total. The monoisotopic (exact) mass is 548 g/mol.